The Morgan fingerprint density at radius 2 is 1.52 bits per heavy atom. The number of hydrogen-bond donors (Lipinski definition) is 6. The van der Waals surface area contributed by atoms with Crippen LogP contribution in [0, 0.1) is 0 Å². The zero-order valence-corrected chi connectivity index (χ0v) is 37.5. The number of alkyl halides is 3. The van der Waals surface area contributed by atoms with Gasteiger partial charge in [-0.25, -0.2) is 14.6 Å². The van der Waals surface area contributed by atoms with Crippen LogP contribution in [0.3, 0.4) is 0 Å². The van der Waals surface area contributed by atoms with Gasteiger partial charge in [0, 0.05) is 42.5 Å². The molecule has 71 heavy (non-hydrogen) atoms. The maximum Gasteiger partial charge on any atom is 0.405 e. The van der Waals surface area contributed by atoms with Gasteiger partial charge in [0.15, 0.2) is 11.4 Å². The Morgan fingerprint density at radius 3 is 2.20 bits per heavy atom. The number of imide groups is 2. The molecule has 23 nitrogen and oxygen atoms in total. The summed E-state index contributed by atoms with van der Waals surface area (Å²) in [6.07, 6.45) is -0.759. The summed E-state index contributed by atoms with van der Waals surface area (Å²) in [5, 5.41) is 16.9. The number of amides is 7. The molecule has 0 radical (unpaired) electrons. The molecule has 1 unspecified atom stereocenters. The fourth-order valence-electron chi connectivity index (χ4n) is 7.11. The summed E-state index contributed by atoms with van der Waals surface area (Å²) < 4.78 is 66.6. The van der Waals surface area contributed by atoms with Gasteiger partial charge in [0.2, 0.25) is 17.7 Å². The van der Waals surface area contributed by atoms with E-state index < -0.39 is 54.2 Å². The first kappa shape index (κ1) is 50.8. The third-order valence-electron chi connectivity index (χ3n) is 10.5. The van der Waals surface area contributed by atoms with E-state index in [9.17, 15) is 46.7 Å². The maximum atomic E-state index is 13.2. The van der Waals surface area contributed by atoms with Gasteiger partial charge in [0.1, 0.15) is 24.7 Å². The van der Waals surface area contributed by atoms with Crippen molar-refractivity contribution in [1.29, 1.82) is 0 Å². The summed E-state index contributed by atoms with van der Waals surface area (Å²) >= 11 is 0. The standard InChI is InChI=1S/C45H46F3N11O12/c46-45(47,48)25-53-34-22-27(10-11-51-34)42-55-32(24-71-42)40(63)54-31-23-58(57-37(31)38(49)61)28-6-4-26(5-7-28)39(62)52-13-15-68-17-19-70-21-20-69-18-16-67-14-12-50-30-3-1-2-29-36(30)44(66)59(43(29)65)33-8-9-35(60)56-41(33)64/h1-7,10-11,22-24,33,50H,8-9,12-21,25H2,(H2,49,61)(H,51,53)(H,52,62)(H,54,63)(H,56,60,64). The van der Waals surface area contributed by atoms with Gasteiger partial charge in [-0.3, -0.25) is 43.8 Å². The van der Waals surface area contributed by atoms with Crippen molar-refractivity contribution >= 4 is 58.5 Å². The SMILES string of the molecule is NC(=O)c1nn(-c2ccc(C(=O)NCCOCCOCCOCCOCCNc3cccc4c3C(=O)N(C3CCC(=O)NC3=O)C4=O)cc2)cc1NC(=O)c1coc(-c2ccnc(NCC(F)(F)F)c2)n1. The Morgan fingerprint density at radius 1 is 0.831 bits per heavy atom. The highest BCUT2D eigenvalue weighted by molar-refractivity contribution is 6.25. The first-order valence-electron chi connectivity index (χ1n) is 21.9. The Bertz CT molecular complexity index is 2760. The molecule has 2 aliphatic heterocycles. The summed E-state index contributed by atoms with van der Waals surface area (Å²) in [5.41, 5.74) is 6.74. The molecule has 7 rings (SSSR count). The number of primary amides is 1. The van der Waals surface area contributed by atoms with Gasteiger partial charge in [-0.1, -0.05) is 6.07 Å². The van der Waals surface area contributed by atoms with E-state index in [0.717, 1.165) is 11.2 Å². The number of aromatic nitrogens is 4. The summed E-state index contributed by atoms with van der Waals surface area (Å²) in [4.78, 5) is 97.0. The molecule has 1 atom stereocenters. The van der Waals surface area contributed by atoms with Gasteiger partial charge >= 0.3 is 6.18 Å². The number of nitrogens with zero attached hydrogens (tertiary/aromatic N) is 5. The molecule has 7 N–H and O–H groups in total. The van der Waals surface area contributed by atoms with Gasteiger partial charge in [-0.05, 0) is 55.0 Å². The summed E-state index contributed by atoms with van der Waals surface area (Å²) in [5.74, 6) is -4.59. The number of ether oxygens (including phenoxy) is 4. The highest BCUT2D eigenvalue weighted by Crippen LogP contribution is 2.32. The van der Waals surface area contributed by atoms with E-state index in [-0.39, 0.29) is 90.6 Å². The van der Waals surface area contributed by atoms with Crippen LogP contribution >= 0.6 is 0 Å². The number of anilines is 3. The Labute approximate surface area is 400 Å². The van der Waals surface area contributed by atoms with Crippen LogP contribution in [-0.4, -0.2) is 151 Å². The van der Waals surface area contributed by atoms with E-state index in [4.69, 9.17) is 29.1 Å². The van der Waals surface area contributed by atoms with Crippen LogP contribution in [0.1, 0.15) is 64.9 Å². The molecule has 3 aromatic heterocycles. The van der Waals surface area contributed by atoms with E-state index in [1.807, 2.05) is 0 Å². The largest absolute Gasteiger partial charge is 0.444 e. The van der Waals surface area contributed by atoms with Crippen LogP contribution in [0.15, 0.2) is 77.7 Å². The van der Waals surface area contributed by atoms with Crippen molar-refractivity contribution in [2.24, 2.45) is 5.73 Å². The predicted molar refractivity (Wildman–Crippen MR) is 242 cm³/mol. The molecular formula is C45H46F3N11O12. The van der Waals surface area contributed by atoms with Crippen LogP contribution in [0.25, 0.3) is 17.1 Å². The molecule has 2 aromatic carbocycles. The monoisotopic (exact) mass is 989 g/mol. The molecule has 1 saturated heterocycles. The molecule has 5 aromatic rings. The molecule has 26 heteroatoms. The minimum absolute atomic E-state index is 0.0338. The van der Waals surface area contributed by atoms with Crippen molar-refractivity contribution in [3.05, 3.63) is 101 Å². The number of halogens is 3. The average molecular weight is 990 g/mol. The highest BCUT2D eigenvalue weighted by atomic mass is 19.4. The van der Waals surface area contributed by atoms with Crippen molar-refractivity contribution in [1.82, 2.24) is 35.3 Å². The number of carbonyl (C=O) groups excluding carboxylic acids is 7. The minimum Gasteiger partial charge on any atom is -0.444 e. The van der Waals surface area contributed by atoms with Gasteiger partial charge in [0.25, 0.3) is 29.5 Å². The topological polar surface area (TPSA) is 303 Å². The van der Waals surface area contributed by atoms with Gasteiger partial charge in [-0.2, -0.15) is 18.3 Å². The number of nitrogens with two attached hydrogens (primary N) is 1. The molecular weight excluding hydrogens is 944 g/mol. The second-order valence-corrected chi connectivity index (χ2v) is 15.4. The van der Waals surface area contributed by atoms with Crippen molar-refractivity contribution in [3.8, 4) is 17.1 Å². The lowest BCUT2D eigenvalue weighted by Gasteiger charge is -2.27. The van der Waals surface area contributed by atoms with Crippen molar-refractivity contribution < 1.29 is 70.1 Å². The number of carbonyl (C=O) groups is 7. The molecule has 374 valence electrons. The zero-order valence-electron chi connectivity index (χ0n) is 37.5. The second kappa shape index (κ2) is 23.5. The lowest BCUT2D eigenvalue weighted by Crippen LogP contribution is -2.54. The highest BCUT2D eigenvalue weighted by Gasteiger charge is 2.45. The molecule has 0 aliphatic carbocycles. The molecule has 0 bridgehead atoms. The van der Waals surface area contributed by atoms with E-state index in [0.29, 0.717) is 56.5 Å². The van der Waals surface area contributed by atoms with Gasteiger partial charge < -0.3 is 50.4 Å². The number of benzene rings is 2. The van der Waals surface area contributed by atoms with E-state index in [1.54, 1.807) is 24.3 Å². The Kier molecular flexibility index (Phi) is 16.8. The molecule has 2 aliphatic rings. The normalized spacial score (nSPS) is 14.6. The van der Waals surface area contributed by atoms with Crippen molar-refractivity contribution in [3.63, 3.8) is 0 Å². The maximum absolute atomic E-state index is 13.2. The number of hydrogen-bond acceptors (Lipinski definition) is 17. The second-order valence-electron chi connectivity index (χ2n) is 15.4. The van der Waals surface area contributed by atoms with Crippen molar-refractivity contribution in [2.45, 2.75) is 25.1 Å². The lowest BCUT2D eigenvalue weighted by molar-refractivity contribution is -0.136. The molecule has 7 amide bonds. The number of oxazole rings is 1. The molecule has 5 heterocycles. The van der Waals surface area contributed by atoms with Crippen LogP contribution in [0.4, 0.5) is 30.4 Å². The predicted octanol–water partition coefficient (Wildman–Crippen LogP) is 2.56. The van der Waals surface area contributed by atoms with Crippen LogP contribution in [0.2, 0.25) is 0 Å². The molecule has 0 spiro atoms. The van der Waals surface area contributed by atoms with Gasteiger partial charge in [0.05, 0.1) is 81.6 Å². The first-order valence-corrected chi connectivity index (χ1v) is 21.9. The summed E-state index contributed by atoms with van der Waals surface area (Å²) in [6.45, 7) is 1.56. The zero-order chi connectivity index (χ0) is 50.5. The van der Waals surface area contributed by atoms with Crippen molar-refractivity contribution in [2.75, 3.05) is 88.4 Å². The number of nitrogens with one attached hydrogen (secondary N) is 5. The van der Waals surface area contributed by atoms with E-state index >= 15 is 0 Å². The smallest absolute Gasteiger partial charge is 0.405 e. The first-order chi connectivity index (χ1) is 34.2. The average Bonchev–Trinajstić information content (AvgIpc) is 4.08. The fourth-order valence-corrected chi connectivity index (χ4v) is 7.11. The number of fused-ring (bicyclic) bond motifs is 1. The Hall–Kier alpha value is -8.07. The number of pyridine rings is 1. The van der Waals surface area contributed by atoms with Crippen LogP contribution < -0.4 is 32.3 Å². The van der Waals surface area contributed by atoms with Crippen LogP contribution in [0.5, 0.6) is 0 Å². The minimum atomic E-state index is -4.47. The van der Waals surface area contributed by atoms with E-state index in [2.05, 4.69) is 41.7 Å². The number of rotatable bonds is 25. The summed E-state index contributed by atoms with van der Waals surface area (Å²) in [7, 11) is 0. The molecule has 0 saturated carbocycles. The quantitative estimate of drug-likeness (QED) is 0.0362. The lowest BCUT2D eigenvalue weighted by atomic mass is 10.0. The number of piperidine rings is 1. The van der Waals surface area contributed by atoms with Crippen LogP contribution in [-0.2, 0) is 28.5 Å². The third-order valence-corrected chi connectivity index (χ3v) is 10.5. The van der Waals surface area contributed by atoms with E-state index in [1.165, 1.54) is 47.4 Å². The van der Waals surface area contributed by atoms with Gasteiger partial charge in [-0.15, -0.1) is 0 Å². The third kappa shape index (κ3) is 13.4. The Balaban J connectivity index is 0.733. The molecule has 1 fully saturated rings. The summed E-state index contributed by atoms with van der Waals surface area (Å²) in [6, 6.07) is 12.7. The fraction of sp³-hybridized carbons (Fsp3) is 0.333.